The number of carbonyl (C=O) groups excluding carboxylic acids is 2. The first-order valence-electron chi connectivity index (χ1n) is 10.9. The van der Waals surface area contributed by atoms with Gasteiger partial charge in [0.2, 0.25) is 5.91 Å². The Morgan fingerprint density at radius 3 is 2.34 bits per heavy atom. The van der Waals surface area contributed by atoms with E-state index in [0.29, 0.717) is 42.7 Å². The van der Waals surface area contributed by atoms with Crippen molar-refractivity contribution >= 4 is 11.8 Å². The fourth-order valence-corrected chi connectivity index (χ4v) is 4.75. The van der Waals surface area contributed by atoms with E-state index in [1.807, 2.05) is 33.9 Å². The number of amides is 2. The number of piperidine rings is 1. The number of hydrogen-bond donors (Lipinski definition) is 2. The van der Waals surface area contributed by atoms with Crippen molar-refractivity contribution in [3.05, 3.63) is 17.5 Å². The van der Waals surface area contributed by atoms with Gasteiger partial charge in [-0.2, -0.15) is 5.10 Å². The molecule has 1 aromatic heterocycles. The van der Waals surface area contributed by atoms with Gasteiger partial charge in [0.15, 0.2) is 0 Å². The van der Waals surface area contributed by atoms with Crippen LogP contribution in [0.3, 0.4) is 0 Å². The number of fused-ring (bicyclic) bond motifs is 2. The molecule has 7 nitrogen and oxygen atoms in total. The lowest BCUT2D eigenvalue weighted by Gasteiger charge is -2.39. The Balaban J connectivity index is 1.51. The van der Waals surface area contributed by atoms with Crippen LogP contribution in [0.25, 0.3) is 0 Å². The number of aryl methyl sites for hydroxylation is 1. The second kappa shape index (κ2) is 8.46. The first-order valence-corrected chi connectivity index (χ1v) is 10.9. The highest BCUT2D eigenvalue weighted by Crippen LogP contribution is 2.38. The molecule has 2 bridgehead atoms. The summed E-state index contributed by atoms with van der Waals surface area (Å²) in [6.07, 6.45) is 4.39. The van der Waals surface area contributed by atoms with Gasteiger partial charge < -0.3 is 10.6 Å². The molecule has 0 aromatic carbocycles. The van der Waals surface area contributed by atoms with Crippen LogP contribution in [0.4, 0.5) is 0 Å². The van der Waals surface area contributed by atoms with Gasteiger partial charge in [-0.25, -0.2) is 0 Å². The van der Waals surface area contributed by atoms with Crippen LogP contribution in [0.15, 0.2) is 6.07 Å². The summed E-state index contributed by atoms with van der Waals surface area (Å²) in [6.45, 7) is 11.4. The Labute approximate surface area is 174 Å². The second-order valence-corrected chi connectivity index (χ2v) is 10.1. The van der Waals surface area contributed by atoms with Crippen molar-refractivity contribution in [2.45, 2.75) is 83.8 Å². The van der Waals surface area contributed by atoms with E-state index < -0.39 is 0 Å². The van der Waals surface area contributed by atoms with Crippen molar-refractivity contribution in [1.82, 2.24) is 25.3 Å². The molecular formula is C22H37N5O2. The van der Waals surface area contributed by atoms with Gasteiger partial charge in [-0.15, -0.1) is 0 Å². The van der Waals surface area contributed by atoms with Crippen molar-refractivity contribution in [3.63, 3.8) is 0 Å². The van der Waals surface area contributed by atoms with E-state index in [0.717, 1.165) is 31.4 Å². The fourth-order valence-electron chi connectivity index (χ4n) is 4.75. The van der Waals surface area contributed by atoms with Gasteiger partial charge in [0.05, 0.1) is 12.2 Å². The van der Waals surface area contributed by atoms with E-state index >= 15 is 0 Å². The highest BCUT2D eigenvalue weighted by Gasteiger charge is 2.41. The summed E-state index contributed by atoms with van der Waals surface area (Å²) in [7, 11) is 1.82. The molecule has 2 amide bonds. The van der Waals surface area contributed by atoms with Gasteiger partial charge in [-0.3, -0.25) is 19.2 Å². The topological polar surface area (TPSA) is 79.3 Å². The van der Waals surface area contributed by atoms with Crippen molar-refractivity contribution in [1.29, 1.82) is 0 Å². The standard InChI is InChI=1S/C22H37N5O2/c1-14(2)18-11-19(26(6)25-18)21(29)23-12-15-9-16-7-8-17(10-15)27(16)13-20(28)24-22(3,4)5/h11,14-17H,7-10,12-13H2,1-6H3,(H,23,29)(H,24,28)/t15-,16-,17+. The molecule has 3 atom stereocenters. The van der Waals surface area contributed by atoms with E-state index in [9.17, 15) is 9.59 Å². The molecule has 0 saturated carbocycles. The summed E-state index contributed by atoms with van der Waals surface area (Å²) in [5, 5.41) is 10.6. The van der Waals surface area contributed by atoms with Gasteiger partial charge in [0.1, 0.15) is 5.69 Å². The molecular weight excluding hydrogens is 366 g/mol. The minimum absolute atomic E-state index is 0.0498. The third-order valence-electron chi connectivity index (χ3n) is 6.10. The van der Waals surface area contributed by atoms with Gasteiger partial charge in [-0.1, -0.05) is 13.8 Å². The van der Waals surface area contributed by atoms with Crippen LogP contribution < -0.4 is 10.6 Å². The zero-order valence-corrected chi connectivity index (χ0v) is 18.8. The number of aromatic nitrogens is 2. The maximum Gasteiger partial charge on any atom is 0.269 e. The second-order valence-electron chi connectivity index (χ2n) is 10.1. The Morgan fingerprint density at radius 1 is 1.21 bits per heavy atom. The van der Waals surface area contributed by atoms with E-state index in [4.69, 9.17) is 0 Å². The summed E-state index contributed by atoms with van der Waals surface area (Å²) >= 11 is 0. The Morgan fingerprint density at radius 2 is 1.83 bits per heavy atom. The normalized spacial score (nSPS) is 24.7. The summed E-state index contributed by atoms with van der Waals surface area (Å²) < 4.78 is 1.67. The van der Waals surface area contributed by atoms with E-state index in [1.54, 1.807) is 4.68 Å². The van der Waals surface area contributed by atoms with Gasteiger partial charge >= 0.3 is 0 Å². The Hall–Kier alpha value is -1.89. The number of carbonyl (C=O) groups is 2. The molecule has 3 heterocycles. The van der Waals surface area contributed by atoms with E-state index in [-0.39, 0.29) is 17.4 Å². The maximum absolute atomic E-state index is 12.6. The SMILES string of the molecule is CC(C)c1cc(C(=O)NC[C@@H]2C[C@H]3CC[C@@H](C2)N3CC(=O)NC(C)(C)C)n(C)n1. The molecule has 2 aliphatic rings. The summed E-state index contributed by atoms with van der Waals surface area (Å²) in [4.78, 5) is 27.4. The van der Waals surface area contributed by atoms with E-state index in [1.165, 1.54) is 0 Å². The monoisotopic (exact) mass is 403 g/mol. The molecule has 0 aliphatic carbocycles. The minimum atomic E-state index is -0.194. The van der Waals surface area contributed by atoms with E-state index in [2.05, 4.69) is 34.5 Å². The van der Waals surface area contributed by atoms with Crippen LogP contribution in [0.2, 0.25) is 0 Å². The van der Waals surface area contributed by atoms with Crippen molar-refractivity contribution in [2.24, 2.45) is 13.0 Å². The number of hydrogen-bond acceptors (Lipinski definition) is 4. The predicted octanol–water partition coefficient (Wildman–Crippen LogP) is 2.43. The number of nitrogens with zero attached hydrogens (tertiary/aromatic N) is 3. The summed E-state index contributed by atoms with van der Waals surface area (Å²) in [5.74, 6) is 0.832. The smallest absolute Gasteiger partial charge is 0.269 e. The largest absolute Gasteiger partial charge is 0.350 e. The summed E-state index contributed by atoms with van der Waals surface area (Å²) in [6, 6.07) is 2.79. The average Bonchev–Trinajstić information content (AvgIpc) is 3.08. The molecule has 1 aromatic rings. The quantitative estimate of drug-likeness (QED) is 0.765. The maximum atomic E-state index is 12.6. The lowest BCUT2D eigenvalue weighted by Crippen LogP contribution is -2.52. The molecule has 2 saturated heterocycles. The van der Waals surface area contributed by atoms with Crippen molar-refractivity contribution in [3.8, 4) is 0 Å². The molecule has 0 unspecified atom stereocenters. The molecule has 2 fully saturated rings. The molecule has 3 rings (SSSR count). The van der Waals surface area contributed by atoms with Gasteiger partial charge in [-0.05, 0) is 64.4 Å². The van der Waals surface area contributed by atoms with Crippen molar-refractivity contribution < 1.29 is 9.59 Å². The average molecular weight is 404 g/mol. The Kier molecular flexibility index (Phi) is 6.36. The number of nitrogens with one attached hydrogen (secondary N) is 2. The molecule has 162 valence electrons. The Bertz CT molecular complexity index is 735. The summed E-state index contributed by atoms with van der Waals surface area (Å²) in [5.41, 5.74) is 1.37. The predicted molar refractivity (Wildman–Crippen MR) is 114 cm³/mol. The molecule has 7 heteroatoms. The highest BCUT2D eigenvalue weighted by molar-refractivity contribution is 5.92. The van der Waals surface area contributed by atoms with Crippen molar-refractivity contribution in [2.75, 3.05) is 13.1 Å². The zero-order valence-electron chi connectivity index (χ0n) is 18.8. The number of rotatable bonds is 6. The van der Waals surface area contributed by atoms with Gasteiger partial charge in [0.25, 0.3) is 5.91 Å². The molecule has 0 spiro atoms. The van der Waals surface area contributed by atoms with Crippen LogP contribution in [0.5, 0.6) is 0 Å². The third-order valence-corrected chi connectivity index (χ3v) is 6.10. The lowest BCUT2D eigenvalue weighted by molar-refractivity contribution is -0.125. The lowest BCUT2D eigenvalue weighted by atomic mass is 9.90. The third kappa shape index (κ3) is 5.38. The highest BCUT2D eigenvalue weighted by atomic mass is 16.2. The molecule has 2 aliphatic heterocycles. The molecule has 29 heavy (non-hydrogen) atoms. The van der Waals surface area contributed by atoms with Gasteiger partial charge in [0, 0.05) is 31.2 Å². The van der Waals surface area contributed by atoms with Crippen LogP contribution in [-0.4, -0.2) is 57.2 Å². The first-order chi connectivity index (χ1) is 13.5. The van der Waals surface area contributed by atoms with Crippen LogP contribution in [-0.2, 0) is 11.8 Å². The molecule has 2 N–H and O–H groups in total. The van der Waals surface area contributed by atoms with Crippen LogP contribution in [0, 0.1) is 5.92 Å². The minimum Gasteiger partial charge on any atom is -0.350 e. The fraction of sp³-hybridized carbons (Fsp3) is 0.773. The van der Waals surface area contributed by atoms with Crippen LogP contribution >= 0.6 is 0 Å². The zero-order chi connectivity index (χ0) is 21.3. The van der Waals surface area contributed by atoms with Crippen LogP contribution in [0.1, 0.15) is 82.4 Å². The molecule has 0 radical (unpaired) electrons. The first kappa shape index (κ1) is 21.8.